The summed E-state index contributed by atoms with van der Waals surface area (Å²) in [4.78, 5) is 35.4. The maximum atomic E-state index is 14.5. The third-order valence-corrected chi connectivity index (χ3v) is 5.35. The monoisotopic (exact) mass is 531 g/mol. The van der Waals surface area contributed by atoms with Gasteiger partial charge in [-0.05, 0) is 24.6 Å². The van der Waals surface area contributed by atoms with Crippen LogP contribution in [0.3, 0.4) is 0 Å². The molecule has 1 saturated carbocycles. The maximum absolute atomic E-state index is 14.5. The molecule has 0 aliphatic heterocycles. The minimum absolute atomic E-state index is 0.0933. The summed E-state index contributed by atoms with van der Waals surface area (Å²) < 4.78 is 92.2. The molecule has 0 spiro atoms. The largest absolute Gasteiger partial charge is 0.471 e. The Morgan fingerprint density at radius 3 is 2.09 bits per heavy atom. The molecule has 1 aliphatic rings. The Bertz CT molecular complexity index is 1200. The average Bonchev–Trinajstić information content (AvgIpc) is 3.37. The van der Waals surface area contributed by atoms with Crippen molar-refractivity contribution in [2.75, 3.05) is 16.0 Å². The van der Waals surface area contributed by atoms with E-state index in [0.717, 1.165) is 5.32 Å². The van der Waals surface area contributed by atoms with E-state index < -0.39 is 74.4 Å². The van der Waals surface area contributed by atoms with E-state index >= 15 is 0 Å². The first-order chi connectivity index (χ1) is 15.6. The van der Waals surface area contributed by atoms with Crippen molar-refractivity contribution in [3.8, 4) is 0 Å². The van der Waals surface area contributed by atoms with Crippen molar-refractivity contribution in [1.29, 1.82) is 0 Å². The molecule has 2 aromatic rings. The summed E-state index contributed by atoms with van der Waals surface area (Å²) in [5, 5.41) is 4.88. The fraction of sp³-hybridized carbons (Fsp3) is 0.211. The van der Waals surface area contributed by atoms with E-state index in [9.17, 15) is 45.1 Å². The lowest BCUT2D eigenvalue weighted by molar-refractivity contribution is -0.167. The zero-order valence-electron chi connectivity index (χ0n) is 16.2. The SMILES string of the molecule is O=C(Nc1ccc(F)c(NC(=O)C(F)(F)F)c1F)c1cc(NC(=O)C2CC2(Cl)Cl)cc(F)c1F. The molecule has 0 bridgehead atoms. The molecule has 6 nitrogen and oxygen atoms in total. The third kappa shape index (κ3) is 5.36. The highest BCUT2D eigenvalue weighted by Crippen LogP contribution is 2.53. The average molecular weight is 532 g/mol. The van der Waals surface area contributed by atoms with Crippen LogP contribution in [0.1, 0.15) is 16.8 Å². The van der Waals surface area contributed by atoms with Crippen molar-refractivity contribution in [2.24, 2.45) is 5.92 Å². The molecular weight excluding hydrogens is 522 g/mol. The van der Waals surface area contributed by atoms with Gasteiger partial charge in [-0.15, -0.1) is 23.2 Å². The van der Waals surface area contributed by atoms with Gasteiger partial charge in [0.25, 0.3) is 5.91 Å². The molecule has 0 saturated heterocycles. The number of benzene rings is 2. The van der Waals surface area contributed by atoms with E-state index in [2.05, 4.69) is 5.32 Å². The molecule has 2 aromatic carbocycles. The van der Waals surface area contributed by atoms with Crippen LogP contribution in [0.5, 0.6) is 0 Å². The van der Waals surface area contributed by atoms with Gasteiger partial charge in [0.2, 0.25) is 5.91 Å². The second kappa shape index (κ2) is 8.95. The molecule has 15 heteroatoms. The molecule has 1 atom stereocenters. The Balaban J connectivity index is 1.85. The predicted molar refractivity (Wildman–Crippen MR) is 107 cm³/mol. The minimum atomic E-state index is -5.48. The number of alkyl halides is 5. The molecule has 0 aromatic heterocycles. The van der Waals surface area contributed by atoms with Gasteiger partial charge in [0.05, 0.1) is 17.2 Å². The molecular formula is C19H10Cl2F7N3O3. The van der Waals surface area contributed by atoms with Crippen molar-refractivity contribution < 1.29 is 45.1 Å². The van der Waals surface area contributed by atoms with Gasteiger partial charge in [0, 0.05) is 11.8 Å². The molecule has 1 unspecified atom stereocenters. The number of nitrogens with one attached hydrogen (secondary N) is 3. The van der Waals surface area contributed by atoms with E-state index in [4.69, 9.17) is 23.2 Å². The quantitative estimate of drug-likeness (QED) is 0.369. The lowest BCUT2D eigenvalue weighted by atomic mass is 10.1. The lowest BCUT2D eigenvalue weighted by Crippen LogP contribution is -2.31. The van der Waals surface area contributed by atoms with E-state index in [1.807, 2.05) is 0 Å². The Kier molecular flexibility index (Phi) is 6.73. The predicted octanol–water partition coefficient (Wildman–Crippen LogP) is 5.13. The first-order valence-corrected chi connectivity index (χ1v) is 9.72. The fourth-order valence-electron chi connectivity index (χ4n) is 2.69. The lowest BCUT2D eigenvalue weighted by Gasteiger charge is -2.14. The van der Waals surface area contributed by atoms with Crippen LogP contribution in [0.25, 0.3) is 0 Å². The van der Waals surface area contributed by atoms with E-state index in [-0.39, 0.29) is 12.1 Å². The smallest absolute Gasteiger partial charge is 0.326 e. The van der Waals surface area contributed by atoms with Crippen LogP contribution in [-0.4, -0.2) is 28.2 Å². The Morgan fingerprint density at radius 1 is 0.912 bits per heavy atom. The number of carbonyl (C=O) groups excluding carboxylic acids is 3. The summed E-state index contributed by atoms with van der Waals surface area (Å²) in [6, 6.07) is 2.21. The van der Waals surface area contributed by atoms with Crippen molar-refractivity contribution in [3.63, 3.8) is 0 Å². The zero-order valence-corrected chi connectivity index (χ0v) is 17.7. The number of anilines is 3. The summed E-state index contributed by atoms with van der Waals surface area (Å²) in [5.41, 5.74) is -3.94. The third-order valence-electron chi connectivity index (χ3n) is 4.52. The molecule has 1 aliphatic carbocycles. The van der Waals surface area contributed by atoms with Gasteiger partial charge in [-0.3, -0.25) is 14.4 Å². The molecule has 3 N–H and O–H groups in total. The van der Waals surface area contributed by atoms with Crippen LogP contribution in [-0.2, 0) is 9.59 Å². The summed E-state index contributed by atoms with van der Waals surface area (Å²) in [7, 11) is 0. The summed E-state index contributed by atoms with van der Waals surface area (Å²) in [5.74, 6) is -12.5. The van der Waals surface area contributed by atoms with E-state index in [1.54, 1.807) is 5.32 Å². The number of hydrogen-bond acceptors (Lipinski definition) is 3. The van der Waals surface area contributed by atoms with E-state index in [1.165, 1.54) is 0 Å². The molecule has 182 valence electrons. The van der Waals surface area contributed by atoms with Gasteiger partial charge in [-0.25, -0.2) is 17.6 Å². The number of amides is 3. The minimum Gasteiger partial charge on any atom is -0.326 e. The van der Waals surface area contributed by atoms with Crippen LogP contribution >= 0.6 is 23.2 Å². The van der Waals surface area contributed by atoms with Gasteiger partial charge in [-0.1, -0.05) is 0 Å². The number of carbonyl (C=O) groups is 3. The second-order valence-electron chi connectivity index (χ2n) is 7.02. The topological polar surface area (TPSA) is 87.3 Å². The molecule has 0 radical (unpaired) electrons. The maximum Gasteiger partial charge on any atom is 0.471 e. The Labute approximate surface area is 195 Å². The van der Waals surface area contributed by atoms with Crippen LogP contribution in [0.4, 0.5) is 47.8 Å². The molecule has 0 heterocycles. The number of halogens is 9. The van der Waals surface area contributed by atoms with Crippen molar-refractivity contribution in [2.45, 2.75) is 16.9 Å². The first kappa shape index (κ1) is 25.6. The second-order valence-corrected chi connectivity index (χ2v) is 8.56. The number of hydrogen-bond donors (Lipinski definition) is 3. The highest BCUT2D eigenvalue weighted by molar-refractivity contribution is 6.52. The standard InChI is InChI=1S/C19H10Cl2F7N3O3/c20-18(21)5-8(18)16(33)29-6-3-7(12(24)10(23)4-6)15(32)30-11-2-1-9(22)14(13(11)25)31-17(34)19(26,27)28/h1-4,8H,5H2,(H,29,33)(H,30,32)(H,31,34). The number of rotatable bonds is 5. The fourth-order valence-corrected chi connectivity index (χ4v) is 3.20. The Morgan fingerprint density at radius 2 is 1.53 bits per heavy atom. The van der Waals surface area contributed by atoms with Gasteiger partial charge < -0.3 is 16.0 Å². The summed E-state index contributed by atoms with van der Waals surface area (Å²) in [6.45, 7) is 0. The van der Waals surface area contributed by atoms with Crippen molar-refractivity contribution in [1.82, 2.24) is 0 Å². The normalized spacial score (nSPS) is 16.6. The van der Waals surface area contributed by atoms with E-state index in [0.29, 0.717) is 24.3 Å². The van der Waals surface area contributed by atoms with Crippen molar-refractivity contribution in [3.05, 3.63) is 53.1 Å². The summed E-state index contributed by atoms with van der Waals surface area (Å²) >= 11 is 11.5. The van der Waals surface area contributed by atoms with Crippen LogP contribution in [0, 0.1) is 29.2 Å². The molecule has 1 fully saturated rings. The zero-order chi connectivity index (χ0) is 25.6. The highest BCUT2D eigenvalue weighted by atomic mass is 35.5. The molecule has 3 rings (SSSR count). The van der Waals surface area contributed by atoms with Crippen LogP contribution in [0.15, 0.2) is 24.3 Å². The van der Waals surface area contributed by atoms with Crippen LogP contribution in [0.2, 0.25) is 0 Å². The Hall–Kier alpha value is -3.06. The van der Waals surface area contributed by atoms with Gasteiger partial charge >= 0.3 is 12.1 Å². The summed E-state index contributed by atoms with van der Waals surface area (Å²) in [6.07, 6.45) is -5.38. The first-order valence-electron chi connectivity index (χ1n) is 8.97. The molecule has 34 heavy (non-hydrogen) atoms. The van der Waals surface area contributed by atoms with Gasteiger partial charge in [-0.2, -0.15) is 13.2 Å². The highest BCUT2D eigenvalue weighted by Gasteiger charge is 2.56. The van der Waals surface area contributed by atoms with Crippen LogP contribution < -0.4 is 16.0 Å². The van der Waals surface area contributed by atoms with Gasteiger partial charge in [0.1, 0.15) is 15.8 Å². The van der Waals surface area contributed by atoms with Crippen molar-refractivity contribution >= 4 is 58.0 Å². The molecule has 3 amide bonds. The van der Waals surface area contributed by atoms with Gasteiger partial charge in [0.15, 0.2) is 17.5 Å².